The average molecular weight is 351 g/mol. The number of fused-ring (bicyclic) bond motifs is 1. The molecule has 26 heavy (non-hydrogen) atoms. The minimum atomic E-state index is -0.0915. The first kappa shape index (κ1) is 16.5. The van der Waals surface area contributed by atoms with Crippen molar-refractivity contribution >= 4 is 22.6 Å². The number of anilines is 1. The molecule has 1 saturated heterocycles. The summed E-state index contributed by atoms with van der Waals surface area (Å²) in [7, 11) is 0. The number of hydrogen-bond donors (Lipinski definition) is 2. The number of aromatic nitrogens is 3. The van der Waals surface area contributed by atoms with E-state index in [1.165, 1.54) is 10.9 Å². The Hall–Kier alpha value is -2.93. The van der Waals surface area contributed by atoms with Crippen LogP contribution in [0.1, 0.15) is 16.1 Å². The van der Waals surface area contributed by atoms with Gasteiger partial charge in [0.25, 0.3) is 5.91 Å². The van der Waals surface area contributed by atoms with Gasteiger partial charge < -0.3 is 19.9 Å². The van der Waals surface area contributed by atoms with E-state index in [2.05, 4.69) is 32.6 Å². The number of para-hydroxylation sites is 1. The Morgan fingerprint density at radius 3 is 2.81 bits per heavy atom. The van der Waals surface area contributed by atoms with Crippen molar-refractivity contribution < 1.29 is 9.53 Å². The molecule has 1 aromatic carbocycles. The first-order valence-corrected chi connectivity index (χ1v) is 8.81. The van der Waals surface area contributed by atoms with E-state index in [0.717, 1.165) is 18.5 Å². The van der Waals surface area contributed by atoms with Crippen LogP contribution < -0.4 is 5.32 Å². The molecule has 0 atom stereocenters. The number of rotatable bonds is 5. The molecule has 4 rings (SSSR count). The van der Waals surface area contributed by atoms with Crippen LogP contribution >= 0.6 is 0 Å². The Bertz CT molecular complexity index is 884. The maximum Gasteiger partial charge on any atom is 0.274 e. The summed E-state index contributed by atoms with van der Waals surface area (Å²) in [4.78, 5) is 17.4. The Kier molecular flexibility index (Phi) is 4.79. The second-order valence-corrected chi connectivity index (χ2v) is 6.24. The smallest absolute Gasteiger partial charge is 0.274 e. The van der Waals surface area contributed by atoms with E-state index in [1.54, 1.807) is 17.0 Å². The highest BCUT2D eigenvalue weighted by Gasteiger charge is 2.19. The minimum absolute atomic E-state index is 0.0915. The lowest BCUT2D eigenvalue weighted by Crippen LogP contribution is -2.41. The number of hydrogen-bond acceptors (Lipinski definition) is 5. The maximum atomic E-state index is 12.3. The summed E-state index contributed by atoms with van der Waals surface area (Å²) < 4.78 is 5.26. The maximum absolute atomic E-state index is 12.3. The third kappa shape index (κ3) is 3.52. The van der Waals surface area contributed by atoms with E-state index < -0.39 is 0 Å². The molecule has 134 valence electrons. The standard InChI is InChI=1S/C19H21N5O2/c25-19(24-9-11-26-12-10-24)17-5-6-18(23-22-17)20-8-7-14-13-21-16-4-2-1-3-15(14)16/h1-6,13,21H,7-12H2,(H,20,23). The lowest BCUT2D eigenvalue weighted by molar-refractivity contribution is 0.0298. The van der Waals surface area contributed by atoms with Crippen LogP contribution in [0.15, 0.2) is 42.6 Å². The molecule has 1 fully saturated rings. The molecule has 7 nitrogen and oxygen atoms in total. The number of carbonyl (C=O) groups is 1. The second kappa shape index (κ2) is 7.53. The van der Waals surface area contributed by atoms with Crippen LogP contribution in [0.4, 0.5) is 5.82 Å². The number of nitrogens with zero attached hydrogens (tertiary/aromatic N) is 3. The lowest BCUT2D eigenvalue weighted by atomic mass is 10.1. The van der Waals surface area contributed by atoms with Crippen LogP contribution in [-0.2, 0) is 11.2 Å². The monoisotopic (exact) mass is 351 g/mol. The van der Waals surface area contributed by atoms with Gasteiger partial charge in [0.05, 0.1) is 13.2 Å². The Morgan fingerprint density at radius 2 is 2.00 bits per heavy atom. The zero-order valence-electron chi connectivity index (χ0n) is 14.4. The molecule has 0 unspecified atom stereocenters. The van der Waals surface area contributed by atoms with E-state index >= 15 is 0 Å². The summed E-state index contributed by atoms with van der Waals surface area (Å²) >= 11 is 0. The molecule has 0 bridgehead atoms. The predicted molar refractivity (Wildman–Crippen MR) is 99.2 cm³/mol. The topological polar surface area (TPSA) is 83.1 Å². The second-order valence-electron chi connectivity index (χ2n) is 6.24. The SMILES string of the molecule is O=C(c1ccc(NCCc2c[nH]c3ccccc23)nn1)N1CCOCC1. The fourth-order valence-corrected chi connectivity index (χ4v) is 3.13. The molecule has 2 aromatic heterocycles. The van der Waals surface area contributed by atoms with Crippen molar-refractivity contribution in [3.05, 3.63) is 53.9 Å². The highest BCUT2D eigenvalue weighted by Crippen LogP contribution is 2.18. The molecule has 7 heteroatoms. The van der Waals surface area contributed by atoms with Crippen molar-refractivity contribution in [2.45, 2.75) is 6.42 Å². The van der Waals surface area contributed by atoms with Crippen LogP contribution in [0.5, 0.6) is 0 Å². The normalized spacial score (nSPS) is 14.5. The van der Waals surface area contributed by atoms with Crippen molar-refractivity contribution in [2.24, 2.45) is 0 Å². The van der Waals surface area contributed by atoms with E-state index in [0.29, 0.717) is 37.8 Å². The zero-order chi connectivity index (χ0) is 17.8. The number of benzene rings is 1. The molecule has 3 aromatic rings. The molecule has 0 spiro atoms. The van der Waals surface area contributed by atoms with Crippen LogP contribution in [0.25, 0.3) is 10.9 Å². The Labute approximate surface area is 151 Å². The molecule has 0 radical (unpaired) electrons. The number of ether oxygens (including phenoxy) is 1. The molecule has 1 aliphatic heterocycles. The number of aromatic amines is 1. The fourth-order valence-electron chi connectivity index (χ4n) is 3.13. The Morgan fingerprint density at radius 1 is 1.15 bits per heavy atom. The summed E-state index contributed by atoms with van der Waals surface area (Å²) in [6, 6.07) is 11.8. The number of carbonyl (C=O) groups excluding carboxylic acids is 1. The highest BCUT2D eigenvalue weighted by molar-refractivity contribution is 5.92. The van der Waals surface area contributed by atoms with Crippen molar-refractivity contribution in [3.63, 3.8) is 0 Å². The highest BCUT2D eigenvalue weighted by atomic mass is 16.5. The molecule has 1 aliphatic rings. The molecule has 0 saturated carbocycles. The van der Waals surface area contributed by atoms with Gasteiger partial charge in [0.1, 0.15) is 5.82 Å². The first-order chi connectivity index (χ1) is 12.8. The quantitative estimate of drug-likeness (QED) is 0.735. The van der Waals surface area contributed by atoms with Gasteiger partial charge in [0.15, 0.2) is 5.69 Å². The first-order valence-electron chi connectivity index (χ1n) is 8.81. The van der Waals surface area contributed by atoms with Gasteiger partial charge in [-0.25, -0.2) is 0 Å². The predicted octanol–water partition coefficient (Wildman–Crippen LogP) is 2.08. The van der Waals surface area contributed by atoms with Crippen LogP contribution in [0.3, 0.4) is 0 Å². The van der Waals surface area contributed by atoms with E-state index in [4.69, 9.17) is 4.74 Å². The molecule has 1 amide bonds. The molecule has 2 N–H and O–H groups in total. The van der Waals surface area contributed by atoms with Gasteiger partial charge in [-0.15, -0.1) is 10.2 Å². The summed E-state index contributed by atoms with van der Waals surface area (Å²) in [5.41, 5.74) is 2.78. The number of H-pyrrole nitrogens is 1. The lowest BCUT2D eigenvalue weighted by Gasteiger charge is -2.26. The van der Waals surface area contributed by atoms with Gasteiger partial charge in [-0.2, -0.15) is 0 Å². The number of nitrogens with one attached hydrogen (secondary N) is 2. The summed E-state index contributed by atoms with van der Waals surface area (Å²) in [6.07, 6.45) is 2.92. The van der Waals surface area contributed by atoms with Crippen LogP contribution in [0, 0.1) is 0 Å². The molecule has 3 heterocycles. The van der Waals surface area contributed by atoms with Crippen LogP contribution in [0.2, 0.25) is 0 Å². The van der Waals surface area contributed by atoms with Gasteiger partial charge in [0.2, 0.25) is 0 Å². The molecular formula is C19H21N5O2. The summed E-state index contributed by atoms with van der Waals surface area (Å²) in [6.45, 7) is 3.10. The third-order valence-corrected chi connectivity index (χ3v) is 4.56. The zero-order valence-corrected chi connectivity index (χ0v) is 14.4. The van der Waals surface area contributed by atoms with E-state index in [1.807, 2.05) is 18.3 Å². The molecule has 0 aliphatic carbocycles. The van der Waals surface area contributed by atoms with Crippen molar-refractivity contribution in [2.75, 3.05) is 38.2 Å². The number of amides is 1. The minimum Gasteiger partial charge on any atom is -0.378 e. The largest absolute Gasteiger partial charge is 0.378 e. The van der Waals surface area contributed by atoms with Gasteiger partial charge >= 0.3 is 0 Å². The van der Waals surface area contributed by atoms with Crippen LogP contribution in [-0.4, -0.2) is 58.8 Å². The van der Waals surface area contributed by atoms with E-state index in [9.17, 15) is 4.79 Å². The average Bonchev–Trinajstić information content (AvgIpc) is 3.12. The number of morpholine rings is 1. The van der Waals surface area contributed by atoms with Crippen molar-refractivity contribution in [3.8, 4) is 0 Å². The van der Waals surface area contributed by atoms with Gasteiger partial charge in [0, 0.05) is 36.7 Å². The van der Waals surface area contributed by atoms with E-state index in [-0.39, 0.29) is 5.91 Å². The van der Waals surface area contributed by atoms with Gasteiger partial charge in [-0.3, -0.25) is 4.79 Å². The molecular weight excluding hydrogens is 330 g/mol. The van der Waals surface area contributed by atoms with Crippen molar-refractivity contribution in [1.29, 1.82) is 0 Å². The van der Waals surface area contributed by atoms with Crippen molar-refractivity contribution in [1.82, 2.24) is 20.1 Å². The van der Waals surface area contributed by atoms with Gasteiger partial charge in [-0.05, 0) is 30.2 Å². The fraction of sp³-hybridized carbons (Fsp3) is 0.316. The summed E-state index contributed by atoms with van der Waals surface area (Å²) in [5.74, 6) is 0.578. The van der Waals surface area contributed by atoms with Gasteiger partial charge in [-0.1, -0.05) is 18.2 Å². The Balaban J connectivity index is 1.33. The third-order valence-electron chi connectivity index (χ3n) is 4.56. The summed E-state index contributed by atoms with van der Waals surface area (Å²) in [5, 5.41) is 12.7.